The number of hydrogen-bond donors (Lipinski definition) is 1. The van der Waals surface area contributed by atoms with Crippen molar-refractivity contribution in [3.8, 4) is 10.7 Å². The van der Waals surface area contributed by atoms with E-state index in [4.69, 9.17) is 4.98 Å². The van der Waals surface area contributed by atoms with Crippen molar-refractivity contribution in [1.29, 1.82) is 0 Å². The molecule has 1 aliphatic carbocycles. The Morgan fingerprint density at radius 2 is 2.04 bits per heavy atom. The van der Waals surface area contributed by atoms with Gasteiger partial charge in [0.1, 0.15) is 5.52 Å². The Balaban J connectivity index is 1.39. The number of aromatic nitrogens is 3. The molecule has 2 amide bonds. The predicted octanol–water partition coefficient (Wildman–Crippen LogP) is 4.45. The predicted molar refractivity (Wildman–Crippen MR) is 111 cm³/mol. The first-order chi connectivity index (χ1) is 13.8. The number of amides is 2. The highest BCUT2D eigenvalue weighted by atomic mass is 32.1. The van der Waals surface area contributed by atoms with Gasteiger partial charge in [0.2, 0.25) is 0 Å². The molecule has 1 aliphatic heterocycles. The Labute approximate surface area is 168 Å². The number of nitrogens with one attached hydrogen (secondary N) is 1. The number of thiophene rings is 1. The van der Waals surface area contributed by atoms with Gasteiger partial charge in [-0.25, -0.2) is 14.8 Å². The van der Waals surface area contributed by atoms with Gasteiger partial charge in [0, 0.05) is 25.3 Å². The van der Waals surface area contributed by atoms with Gasteiger partial charge in [-0.15, -0.1) is 11.3 Å². The number of urea groups is 1. The monoisotopic (exact) mass is 395 g/mol. The van der Waals surface area contributed by atoms with Crippen molar-refractivity contribution in [2.45, 2.75) is 50.6 Å². The van der Waals surface area contributed by atoms with E-state index in [1.54, 1.807) is 11.3 Å². The third kappa shape index (κ3) is 3.28. The van der Waals surface area contributed by atoms with Crippen molar-refractivity contribution in [1.82, 2.24) is 24.8 Å². The standard InChI is InChI=1S/C21H25N5OS/c27-21(23-15-6-2-1-3-7-15)25-12-10-16(14-25)26-19-17(8-4-11-22-19)24-20(26)18-9-5-13-28-18/h4-5,8-9,11,13,15-16H,1-3,6-7,10,12,14H2,(H,23,27)/t16-/m1/s1. The summed E-state index contributed by atoms with van der Waals surface area (Å²) in [6.07, 6.45) is 8.72. The second-order valence-corrected chi connectivity index (χ2v) is 8.75. The lowest BCUT2D eigenvalue weighted by molar-refractivity contribution is 0.199. The first-order valence-electron chi connectivity index (χ1n) is 10.2. The molecule has 5 rings (SSSR count). The van der Waals surface area contributed by atoms with Crippen molar-refractivity contribution in [2.75, 3.05) is 13.1 Å². The fourth-order valence-electron chi connectivity index (χ4n) is 4.50. The number of carbonyl (C=O) groups is 1. The molecule has 1 saturated heterocycles. The van der Waals surface area contributed by atoms with Gasteiger partial charge in [0.05, 0.1) is 10.9 Å². The van der Waals surface area contributed by atoms with Crippen molar-refractivity contribution < 1.29 is 4.79 Å². The summed E-state index contributed by atoms with van der Waals surface area (Å²) in [6, 6.07) is 8.73. The van der Waals surface area contributed by atoms with Crippen LogP contribution in [0.15, 0.2) is 35.8 Å². The van der Waals surface area contributed by atoms with Crippen LogP contribution in [0.5, 0.6) is 0 Å². The van der Waals surface area contributed by atoms with Gasteiger partial charge >= 0.3 is 6.03 Å². The summed E-state index contributed by atoms with van der Waals surface area (Å²) in [5.41, 5.74) is 1.82. The molecule has 0 aromatic carbocycles. The van der Waals surface area contributed by atoms with E-state index in [2.05, 4.69) is 32.4 Å². The molecular weight excluding hydrogens is 370 g/mol. The van der Waals surface area contributed by atoms with Crippen molar-refractivity contribution in [3.05, 3.63) is 35.8 Å². The summed E-state index contributed by atoms with van der Waals surface area (Å²) in [5.74, 6) is 0.961. The third-order valence-corrected chi connectivity index (χ3v) is 6.80. The summed E-state index contributed by atoms with van der Waals surface area (Å²) < 4.78 is 2.25. The zero-order chi connectivity index (χ0) is 18.9. The molecule has 7 heteroatoms. The lowest BCUT2D eigenvalue weighted by atomic mass is 9.96. The quantitative estimate of drug-likeness (QED) is 0.713. The van der Waals surface area contributed by atoms with Gasteiger partial charge in [-0.1, -0.05) is 25.3 Å². The molecule has 3 aromatic rings. The molecule has 3 aromatic heterocycles. The maximum Gasteiger partial charge on any atom is 0.317 e. The van der Waals surface area contributed by atoms with E-state index < -0.39 is 0 Å². The number of likely N-dealkylation sites (tertiary alicyclic amines) is 1. The number of rotatable bonds is 3. The Kier molecular flexibility index (Phi) is 4.76. The van der Waals surface area contributed by atoms with Gasteiger partial charge in [0.15, 0.2) is 11.5 Å². The Morgan fingerprint density at radius 3 is 2.86 bits per heavy atom. The van der Waals surface area contributed by atoms with Crippen LogP contribution >= 0.6 is 11.3 Å². The third-order valence-electron chi connectivity index (χ3n) is 5.94. The molecule has 6 nitrogen and oxygen atoms in total. The number of fused-ring (bicyclic) bond motifs is 1. The number of pyridine rings is 1. The molecule has 2 aliphatic rings. The molecule has 146 valence electrons. The zero-order valence-corrected chi connectivity index (χ0v) is 16.7. The number of hydrogen-bond acceptors (Lipinski definition) is 4. The lowest BCUT2D eigenvalue weighted by Crippen LogP contribution is -2.44. The van der Waals surface area contributed by atoms with Crippen LogP contribution in [0.4, 0.5) is 4.79 Å². The smallest absolute Gasteiger partial charge is 0.317 e. The van der Waals surface area contributed by atoms with Gasteiger partial charge in [-0.2, -0.15) is 0 Å². The summed E-state index contributed by atoms with van der Waals surface area (Å²) in [5, 5.41) is 5.33. The number of carbonyl (C=O) groups excluding carboxylic acids is 1. The minimum Gasteiger partial charge on any atom is -0.335 e. The van der Waals surface area contributed by atoms with Crippen LogP contribution in [0, 0.1) is 0 Å². The van der Waals surface area contributed by atoms with Crippen molar-refractivity contribution in [2.24, 2.45) is 0 Å². The van der Waals surface area contributed by atoms with Crippen LogP contribution in [-0.2, 0) is 0 Å². The molecule has 1 atom stereocenters. The fourth-order valence-corrected chi connectivity index (χ4v) is 5.22. The van der Waals surface area contributed by atoms with Crippen molar-refractivity contribution >= 4 is 28.5 Å². The number of imidazole rings is 1. The second kappa shape index (κ2) is 7.54. The zero-order valence-electron chi connectivity index (χ0n) is 15.9. The Hall–Kier alpha value is -2.41. The van der Waals surface area contributed by atoms with Gasteiger partial charge in [-0.05, 0) is 42.8 Å². The molecule has 28 heavy (non-hydrogen) atoms. The largest absolute Gasteiger partial charge is 0.335 e. The average Bonchev–Trinajstić information content (AvgIpc) is 3.46. The number of nitrogens with zero attached hydrogens (tertiary/aromatic N) is 4. The SMILES string of the molecule is O=C(NC1CCCCC1)N1CC[C@@H](n2c(-c3cccs3)nc3cccnc32)C1. The normalized spacial score (nSPS) is 20.7. The van der Waals surface area contributed by atoms with Crippen LogP contribution in [0.3, 0.4) is 0 Å². The van der Waals surface area contributed by atoms with Crippen LogP contribution in [0.2, 0.25) is 0 Å². The molecule has 0 unspecified atom stereocenters. The summed E-state index contributed by atoms with van der Waals surface area (Å²) >= 11 is 1.69. The van der Waals surface area contributed by atoms with Crippen LogP contribution < -0.4 is 5.32 Å². The van der Waals surface area contributed by atoms with E-state index in [1.165, 1.54) is 19.3 Å². The van der Waals surface area contributed by atoms with E-state index in [0.717, 1.165) is 47.7 Å². The maximum absolute atomic E-state index is 12.8. The van der Waals surface area contributed by atoms with E-state index in [-0.39, 0.29) is 12.1 Å². The minimum absolute atomic E-state index is 0.0875. The van der Waals surface area contributed by atoms with E-state index in [1.807, 2.05) is 23.2 Å². The van der Waals surface area contributed by atoms with E-state index in [9.17, 15) is 4.79 Å². The molecule has 0 spiro atoms. The maximum atomic E-state index is 12.8. The first-order valence-corrected chi connectivity index (χ1v) is 11.1. The Bertz CT molecular complexity index is 961. The van der Waals surface area contributed by atoms with Crippen LogP contribution in [-0.4, -0.2) is 44.6 Å². The summed E-state index contributed by atoms with van der Waals surface area (Å²) in [6.45, 7) is 1.48. The lowest BCUT2D eigenvalue weighted by Gasteiger charge is -2.26. The van der Waals surface area contributed by atoms with E-state index >= 15 is 0 Å². The van der Waals surface area contributed by atoms with Gasteiger partial charge in [0.25, 0.3) is 0 Å². The summed E-state index contributed by atoms with van der Waals surface area (Å²) in [7, 11) is 0. The topological polar surface area (TPSA) is 63.1 Å². The highest BCUT2D eigenvalue weighted by Gasteiger charge is 2.31. The fraction of sp³-hybridized carbons (Fsp3) is 0.476. The average molecular weight is 396 g/mol. The molecule has 2 fully saturated rings. The molecular formula is C21H25N5OS. The van der Waals surface area contributed by atoms with Crippen molar-refractivity contribution in [3.63, 3.8) is 0 Å². The molecule has 0 bridgehead atoms. The molecule has 0 radical (unpaired) electrons. The van der Waals surface area contributed by atoms with Crippen LogP contribution in [0.1, 0.15) is 44.6 Å². The highest BCUT2D eigenvalue weighted by molar-refractivity contribution is 7.13. The van der Waals surface area contributed by atoms with Gasteiger partial charge < -0.3 is 14.8 Å². The first kappa shape index (κ1) is 17.7. The van der Waals surface area contributed by atoms with Crippen LogP contribution in [0.25, 0.3) is 21.9 Å². The molecule has 1 N–H and O–H groups in total. The van der Waals surface area contributed by atoms with E-state index in [0.29, 0.717) is 12.6 Å². The second-order valence-electron chi connectivity index (χ2n) is 7.80. The van der Waals surface area contributed by atoms with Gasteiger partial charge in [-0.3, -0.25) is 0 Å². The Morgan fingerprint density at radius 1 is 1.14 bits per heavy atom. The minimum atomic E-state index is 0.0875. The molecule has 4 heterocycles. The highest BCUT2D eigenvalue weighted by Crippen LogP contribution is 2.34. The summed E-state index contributed by atoms with van der Waals surface area (Å²) in [4.78, 5) is 25.3. The molecule has 1 saturated carbocycles.